The predicted octanol–water partition coefficient (Wildman–Crippen LogP) is 3.35. The highest BCUT2D eigenvalue weighted by Crippen LogP contribution is 2.37. The normalized spacial score (nSPS) is 15.2. The number of hydrogen-bond donors (Lipinski definition) is 1. The monoisotopic (exact) mass is 410 g/mol. The maximum atomic E-state index is 11.5. The van der Waals surface area contributed by atoms with Gasteiger partial charge in [0.1, 0.15) is 6.10 Å². The van der Waals surface area contributed by atoms with Crippen molar-refractivity contribution in [1.29, 1.82) is 0 Å². The number of phosphoric acid groups is 1. The first-order valence-corrected chi connectivity index (χ1v) is 11.8. The van der Waals surface area contributed by atoms with Crippen molar-refractivity contribution < 1.29 is 28.3 Å². The van der Waals surface area contributed by atoms with Gasteiger partial charge in [0.25, 0.3) is 7.82 Å². The van der Waals surface area contributed by atoms with E-state index in [9.17, 15) is 14.6 Å². The lowest BCUT2D eigenvalue weighted by atomic mass is 10.1. The van der Waals surface area contributed by atoms with E-state index in [0.29, 0.717) is 13.2 Å². The molecule has 27 heavy (non-hydrogen) atoms. The number of unbranched alkanes of at least 4 members (excludes halogenated alkanes) is 9. The summed E-state index contributed by atoms with van der Waals surface area (Å²) in [6.07, 6.45) is 11.6. The third-order valence-corrected chi connectivity index (χ3v) is 5.13. The Morgan fingerprint density at radius 3 is 2.00 bits per heavy atom. The zero-order valence-corrected chi connectivity index (χ0v) is 18.5. The van der Waals surface area contributed by atoms with Crippen molar-refractivity contribution in [3.63, 3.8) is 0 Å². The molecule has 7 nitrogen and oxygen atoms in total. The van der Waals surface area contributed by atoms with Gasteiger partial charge in [-0.05, 0) is 20.5 Å². The van der Waals surface area contributed by atoms with E-state index in [2.05, 4.69) is 11.4 Å². The molecule has 2 atom stereocenters. The molecule has 0 aromatic heterocycles. The number of hydrogen-bond acceptors (Lipinski definition) is 7. The summed E-state index contributed by atoms with van der Waals surface area (Å²) in [5.41, 5.74) is 0. The van der Waals surface area contributed by atoms with Crippen LogP contribution in [0.1, 0.15) is 71.1 Å². The van der Waals surface area contributed by atoms with E-state index in [1.165, 1.54) is 51.4 Å². The Labute approximate surface area is 166 Å². The van der Waals surface area contributed by atoms with Crippen LogP contribution in [0.5, 0.6) is 0 Å². The fourth-order valence-corrected chi connectivity index (χ4v) is 3.24. The minimum atomic E-state index is -4.36. The van der Waals surface area contributed by atoms with Crippen LogP contribution in [-0.4, -0.2) is 63.2 Å². The lowest BCUT2D eigenvalue weighted by Crippen LogP contribution is -2.24. The van der Waals surface area contributed by atoms with Gasteiger partial charge >= 0.3 is 0 Å². The second kappa shape index (κ2) is 18.0. The van der Waals surface area contributed by atoms with Gasteiger partial charge < -0.3 is 28.7 Å². The van der Waals surface area contributed by atoms with Crippen LogP contribution in [-0.2, 0) is 18.3 Å². The molecule has 0 saturated carbocycles. The topological polar surface area (TPSA) is 91.3 Å². The van der Waals surface area contributed by atoms with Crippen molar-refractivity contribution in [2.24, 2.45) is 0 Å². The fourth-order valence-electron chi connectivity index (χ4n) is 2.51. The number of phosphoric ester groups is 1. The number of nitrogens with zero attached hydrogens (tertiary/aromatic N) is 1. The van der Waals surface area contributed by atoms with Gasteiger partial charge in [-0.3, -0.25) is 4.57 Å². The summed E-state index contributed by atoms with van der Waals surface area (Å²) in [4.78, 5) is 13.3. The highest BCUT2D eigenvalue weighted by Gasteiger charge is 2.13. The van der Waals surface area contributed by atoms with Crippen LogP contribution >= 0.6 is 7.82 Å². The molecule has 0 rings (SSSR count). The van der Waals surface area contributed by atoms with Gasteiger partial charge in [0.2, 0.25) is 0 Å². The zero-order valence-electron chi connectivity index (χ0n) is 17.6. The first kappa shape index (κ1) is 27.0. The Morgan fingerprint density at radius 1 is 0.889 bits per heavy atom. The molecule has 0 spiro atoms. The van der Waals surface area contributed by atoms with Gasteiger partial charge in [-0.2, -0.15) is 0 Å². The first-order chi connectivity index (χ1) is 12.9. The number of likely N-dealkylation sites (N-methyl/N-ethyl adjacent to an activating group) is 1. The van der Waals surface area contributed by atoms with Crippen molar-refractivity contribution in [2.45, 2.75) is 77.2 Å². The van der Waals surface area contributed by atoms with Gasteiger partial charge in [-0.25, -0.2) is 0 Å². The largest absolute Gasteiger partial charge is 0.756 e. The molecule has 0 bridgehead atoms. The predicted molar refractivity (Wildman–Crippen MR) is 107 cm³/mol. The summed E-state index contributed by atoms with van der Waals surface area (Å²) >= 11 is 0. The van der Waals surface area contributed by atoms with E-state index in [4.69, 9.17) is 9.26 Å². The molecule has 0 saturated heterocycles. The Hall–Kier alpha value is -0.0100. The van der Waals surface area contributed by atoms with E-state index in [1.807, 2.05) is 14.1 Å². The van der Waals surface area contributed by atoms with Crippen LogP contribution in [0, 0.1) is 0 Å². The minimum Gasteiger partial charge on any atom is -0.756 e. The smallest absolute Gasteiger partial charge is 0.268 e. The summed E-state index contributed by atoms with van der Waals surface area (Å²) in [6.45, 7) is 3.02. The third-order valence-electron chi connectivity index (χ3n) is 4.17. The van der Waals surface area contributed by atoms with E-state index >= 15 is 0 Å². The van der Waals surface area contributed by atoms with Gasteiger partial charge in [-0.1, -0.05) is 64.7 Å². The van der Waals surface area contributed by atoms with Crippen LogP contribution in [0.25, 0.3) is 0 Å². The second-order valence-corrected chi connectivity index (χ2v) is 8.70. The summed E-state index contributed by atoms with van der Waals surface area (Å²) in [5, 5.41) is 9.71. The molecule has 0 aromatic rings. The third kappa shape index (κ3) is 20.5. The SMILES string of the molecule is CCCCCCCCCCCCOCC(O)COP(=O)([O-])OCCN(C)C. The lowest BCUT2D eigenvalue weighted by Gasteiger charge is -2.24. The number of ether oxygens (including phenoxy) is 1. The number of rotatable bonds is 20. The van der Waals surface area contributed by atoms with E-state index in [0.717, 1.165) is 12.8 Å². The molecule has 2 unspecified atom stereocenters. The van der Waals surface area contributed by atoms with Gasteiger partial charge in [0.15, 0.2) is 0 Å². The minimum absolute atomic E-state index is 0.0269. The molecular formula is C19H41NO6P-. The second-order valence-electron chi connectivity index (χ2n) is 7.29. The summed E-state index contributed by atoms with van der Waals surface area (Å²) in [6, 6.07) is 0. The molecular weight excluding hydrogens is 369 g/mol. The molecule has 0 radical (unpaired) electrons. The van der Waals surface area contributed by atoms with Crippen molar-refractivity contribution in [2.75, 3.05) is 47.1 Å². The average Bonchev–Trinajstić information content (AvgIpc) is 2.60. The van der Waals surface area contributed by atoms with Gasteiger partial charge in [0.05, 0.1) is 19.8 Å². The van der Waals surface area contributed by atoms with Crippen molar-refractivity contribution >= 4 is 7.82 Å². The van der Waals surface area contributed by atoms with Crippen LogP contribution in [0.15, 0.2) is 0 Å². The maximum absolute atomic E-state index is 11.5. The lowest BCUT2D eigenvalue weighted by molar-refractivity contribution is -0.227. The van der Waals surface area contributed by atoms with Crippen LogP contribution in [0.3, 0.4) is 0 Å². The van der Waals surface area contributed by atoms with E-state index in [-0.39, 0.29) is 19.8 Å². The highest BCUT2D eigenvalue weighted by molar-refractivity contribution is 7.45. The molecule has 0 fully saturated rings. The molecule has 0 aliphatic carbocycles. The quantitative estimate of drug-likeness (QED) is 0.243. The van der Waals surface area contributed by atoms with E-state index < -0.39 is 13.9 Å². The summed E-state index contributed by atoms with van der Waals surface area (Å²) in [7, 11) is -0.734. The summed E-state index contributed by atoms with van der Waals surface area (Å²) in [5.74, 6) is 0. The Kier molecular flexibility index (Phi) is 18.0. The summed E-state index contributed by atoms with van der Waals surface area (Å²) < 4.78 is 26.2. The molecule has 0 aliphatic heterocycles. The van der Waals surface area contributed by atoms with Crippen molar-refractivity contribution in [3.05, 3.63) is 0 Å². The molecule has 0 aromatic carbocycles. The first-order valence-electron chi connectivity index (χ1n) is 10.4. The van der Waals surface area contributed by atoms with Gasteiger partial charge in [0, 0.05) is 13.2 Å². The fraction of sp³-hybridized carbons (Fsp3) is 1.00. The average molecular weight is 411 g/mol. The Bertz CT molecular complexity index is 370. The highest BCUT2D eigenvalue weighted by atomic mass is 31.2. The zero-order chi connectivity index (χ0) is 20.4. The van der Waals surface area contributed by atoms with E-state index in [1.54, 1.807) is 4.90 Å². The van der Waals surface area contributed by atoms with Gasteiger partial charge in [-0.15, -0.1) is 0 Å². The standard InChI is InChI=1S/C19H42NO6P/c1-4-5-6-7-8-9-10-11-12-13-15-24-17-19(21)18-26-27(22,23)25-16-14-20(2)3/h19,21H,4-18H2,1-3H3,(H,22,23)/p-1. The Morgan fingerprint density at radius 2 is 1.44 bits per heavy atom. The van der Waals surface area contributed by atoms with Crippen molar-refractivity contribution in [1.82, 2.24) is 4.90 Å². The molecule has 0 heterocycles. The van der Waals surface area contributed by atoms with Crippen LogP contribution in [0.2, 0.25) is 0 Å². The maximum Gasteiger partial charge on any atom is 0.268 e. The number of aliphatic hydroxyl groups is 1. The van der Waals surface area contributed by atoms with Crippen LogP contribution < -0.4 is 4.89 Å². The molecule has 164 valence electrons. The molecule has 1 N–H and O–H groups in total. The van der Waals surface area contributed by atoms with Crippen LogP contribution in [0.4, 0.5) is 0 Å². The molecule has 8 heteroatoms. The molecule has 0 amide bonds. The van der Waals surface area contributed by atoms with Crippen molar-refractivity contribution in [3.8, 4) is 0 Å². The molecule has 0 aliphatic rings. The number of aliphatic hydroxyl groups excluding tert-OH is 1. The Balaban J connectivity index is 3.43.